The summed E-state index contributed by atoms with van der Waals surface area (Å²) >= 11 is 0. The summed E-state index contributed by atoms with van der Waals surface area (Å²) in [6.45, 7) is 1.61. The fraction of sp³-hybridized carbons (Fsp3) is 0.700. The number of allylic oxidation sites excluding steroid dienone is 2. The van der Waals surface area contributed by atoms with Gasteiger partial charge in [0.15, 0.2) is 0 Å². The van der Waals surface area contributed by atoms with E-state index in [0.29, 0.717) is 23.2 Å². The van der Waals surface area contributed by atoms with E-state index in [2.05, 4.69) is 10.3 Å². The smallest absolute Gasteiger partial charge is 0.207 e. The van der Waals surface area contributed by atoms with Crippen LogP contribution in [0.2, 0.25) is 0 Å². The van der Waals surface area contributed by atoms with Gasteiger partial charge in [-0.3, -0.25) is 9.79 Å². The van der Waals surface area contributed by atoms with Crippen molar-refractivity contribution >= 4 is 11.5 Å². The van der Waals surface area contributed by atoms with Crippen molar-refractivity contribution in [1.29, 1.82) is 0 Å². The zero-order valence-corrected chi connectivity index (χ0v) is 14.6. The van der Waals surface area contributed by atoms with Crippen LogP contribution in [-0.4, -0.2) is 29.7 Å². The molecule has 3 aliphatic carbocycles. The minimum Gasteiger partial charge on any atom is -0.506 e. The van der Waals surface area contributed by atoms with Crippen LogP contribution in [0, 0.1) is 11.8 Å². The monoisotopic (exact) mass is 330 g/mol. The number of aliphatic hydroxyl groups excluding tert-OH is 1. The summed E-state index contributed by atoms with van der Waals surface area (Å²) in [4.78, 5) is 16.7. The highest BCUT2D eigenvalue weighted by Gasteiger charge is 2.21. The van der Waals surface area contributed by atoms with Crippen LogP contribution in [0.25, 0.3) is 0 Å². The zero-order chi connectivity index (χ0) is 16.8. The van der Waals surface area contributed by atoms with Gasteiger partial charge in [-0.05, 0) is 43.6 Å². The van der Waals surface area contributed by atoms with E-state index in [9.17, 15) is 9.90 Å². The van der Waals surface area contributed by atoms with Crippen molar-refractivity contribution in [1.82, 2.24) is 5.32 Å². The molecule has 4 nitrogen and oxygen atoms in total. The largest absolute Gasteiger partial charge is 0.506 e. The van der Waals surface area contributed by atoms with E-state index in [-0.39, 0.29) is 11.5 Å². The second-order valence-electron chi connectivity index (χ2n) is 7.57. The lowest BCUT2D eigenvalue weighted by Gasteiger charge is -2.24. The second kappa shape index (κ2) is 8.50. The van der Waals surface area contributed by atoms with Crippen molar-refractivity contribution in [3.05, 3.63) is 23.6 Å². The van der Waals surface area contributed by atoms with Gasteiger partial charge in [-0.1, -0.05) is 38.5 Å². The quantitative estimate of drug-likeness (QED) is 0.747. The first-order valence-electron chi connectivity index (χ1n) is 9.68. The molecule has 3 aliphatic rings. The molecule has 0 unspecified atom stereocenters. The summed E-state index contributed by atoms with van der Waals surface area (Å²) in [5.41, 5.74) is 1.15. The number of hydrogen-bond acceptors (Lipinski definition) is 4. The first-order valence-corrected chi connectivity index (χ1v) is 9.68. The van der Waals surface area contributed by atoms with Crippen molar-refractivity contribution in [2.75, 3.05) is 13.1 Å². The number of carbonyl (C=O) groups excluding carboxylic acids is 1. The highest BCUT2D eigenvalue weighted by molar-refractivity contribution is 6.49. The van der Waals surface area contributed by atoms with Gasteiger partial charge in [0.25, 0.3) is 0 Å². The van der Waals surface area contributed by atoms with Crippen LogP contribution >= 0.6 is 0 Å². The maximum absolute atomic E-state index is 12.1. The Morgan fingerprint density at radius 1 is 0.958 bits per heavy atom. The third kappa shape index (κ3) is 4.71. The number of rotatable bonds is 5. The summed E-state index contributed by atoms with van der Waals surface area (Å²) in [6, 6.07) is 0. The molecule has 3 rings (SSSR count). The van der Waals surface area contributed by atoms with Crippen LogP contribution in [-0.2, 0) is 4.79 Å². The van der Waals surface area contributed by atoms with E-state index < -0.39 is 0 Å². The summed E-state index contributed by atoms with van der Waals surface area (Å²) in [7, 11) is 0. The molecule has 2 fully saturated rings. The lowest BCUT2D eigenvalue weighted by Crippen LogP contribution is -2.28. The zero-order valence-electron chi connectivity index (χ0n) is 14.6. The van der Waals surface area contributed by atoms with Crippen molar-refractivity contribution in [3.63, 3.8) is 0 Å². The minimum absolute atomic E-state index is 0.0485. The molecule has 0 bridgehead atoms. The molecule has 0 aromatic carbocycles. The Morgan fingerprint density at radius 3 is 2.25 bits per heavy atom. The van der Waals surface area contributed by atoms with Crippen LogP contribution in [0.15, 0.2) is 28.6 Å². The summed E-state index contributed by atoms with van der Waals surface area (Å²) in [5.74, 6) is 1.16. The fourth-order valence-electron chi connectivity index (χ4n) is 4.07. The first-order chi connectivity index (χ1) is 11.7. The van der Waals surface area contributed by atoms with E-state index in [1.165, 1.54) is 70.3 Å². The molecule has 0 saturated heterocycles. The van der Waals surface area contributed by atoms with Gasteiger partial charge >= 0.3 is 0 Å². The second-order valence-corrected chi connectivity index (χ2v) is 7.57. The molecule has 0 radical (unpaired) electrons. The molecule has 0 aliphatic heterocycles. The lowest BCUT2D eigenvalue weighted by molar-refractivity contribution is -0.109. The maximum atomic E-state index is 12.1. The standard InChI is InChI=1S/C20H30N2O2/c23-19-12-20(24)18(22-14-16-9-5-2-6-10-16)11-17(19)21-13-15-7-3-1-4-8-15/h11-12,15-16,21,23H,1-10,13-14H2. The SMILES string of the molecule is O=C1C=C(O)C(NCC2CCCCC2)=CC1=NCC1CCCCC1. The molecule has 4 heteroatoms. The molecule has 0 heterocycles. The van der Waals surface area contributed by atoms with Crippen molar-refractivity contribution in [2.45, 2.75) is 64.2 Å². The summed E-state index contributed by atoms with van der Waals surface area (Å²) in [6.07, 6.45) is 15.9. The topological polar surface area (TPSA) is 61.7 Å². The van der Waals surface area contributed by atoms with Gasteiger partial charge in [0.05, 0.1) is 5.70 Å². The molecule has 2 saturated carbocycles. The van der Waals surface area contributed by atoms with Gasteiger partial charge in [-0.15, -0.1) is 0 Å². The first kappa shape index (κ1) is 17.2. The van der Waals surface area contributed by atoms with E-state index in [1.807, 2.05) is 0 Å². The van der Waals surface area contributed by atoms with Crippen LogP contribution in [0.4, 0.5) is 0 Å². The highest BCUT2D eigenvalue weighted by Crippen LogP contribution is 2.25. The van der Waals surface area contributed by atoms with E-state index >= 15 is 0 Å². The average Bonchev–Trinajstić information content (AvgIpc) is 2.62. The van der Waals surface area contributed by atoms with E-state index in [1.54, 1.807) is 6.08 Å². The molecule has 0 amide bonds. The van der Waals surface area contributed by atoms with Gasteiger partial charge in [0.2, 0.25) is 5.78 Å². The fourth-order valence-corrected chi connectivity index (χ4v) is 4.07. The van der Waals surface area contributed by atoms with Gasteiger partial charge in [0.1, 0.15) is 11.5 Å². The average molecular weight is 330 g/mol. The number of nitrogens with one attached hydrogen (secondary N) is 1. The Bertz CT molecular complexity index is 536. The molecule has 132 valence electrons. The van der Waals surface area contributed by atoms with Crippen molar-refractivity contribution in [3.8, 4) is 0 Å². The Labute approximate surface area is 145 Å². The molecule has 24 heavy (non-hydrogen) atoms. The third-order valence-corrected chi connectivity index (χ3v) is 5.63. The maximum Gasteiger partial charge on any atom is 0.207 e. The van der Waals surface area contributed by atoms with E-state index in [0.717, 1.165) is 13.1 Å². The molecule has 0 aromatic rings. The van der Waals surface area contributed by atoms with Crippen LogP contribution in [0.5, 0.6) is 0 Å². The van der Waals surface area contributed by atoms with Gasteiger partial charge in [-0.25, -0.2) is 0 Å². The van der Waals surface area contributed by atoms with Crippen molar-refractivity contribution < 1.29 is 9.90 Å². The Hall–Kier alpha value is -1.58. The van der Waals surface area contributed by atoms with Crippen molar-refractivity contribution in [2.24, 2.45) is 16.8 Å². The molecule has 0 atom stereocenters. The lowest BCUT2D eigenvalue weighted by atomic mass is 9.89. The number of ketones is 1. The minimum atomic E-state index is -0.175. The Balaban J connectivity index is 1.59. The number of nitrogens with zero attached hydrogens (tertiary/aromatic N) is 1. The van der Waals surface area contributed by atoms with Gasteiger partial charge < -0.3 is 10.4 Å². The van der Waals surface area contributed by atoms with Crippen LogP contribution < -0.4 is 5.32 Å². The molecule has 0 spiro atoms. The third-order valence-electron chi connectivity index (χ3n) is 5.63. The molecule has 2 N–H and O–H groups in total. The predicted octanol–water partition coefficient (Wildman–Crippen LogP) is 4.09. The highest BCUT2D eigenvalue weighted by atomic mass is 16.3. The number of hydrogen-bond donors (Lipinski definition) is 2. The Kier molecular flexibility index (Phi) is 6.11. The van der Waals surface area contributed by atoms with E-state index in [4.69, 9.17) is 0 Å². The van der Waals surface area contributed by atoms with Crippen LogP contribution in [0.3, 0.4) is 0 Å². The summed E-state index contributed by atoms with van der Waals surface area (Å²) in [5, 5.41) is 13.4. The number of aliphatic imine (C=N–C) groups is 1. The summed E-state index contributed by atoms with van der Waals surface area (Å²) < 4.78 is 0. The number of carbonyl (C=O) groups is 1. The molecule has 0 aromatic heterocycles. The Morgan fingerprint density at radius 2 is 1.58 bits per heavy atom. The molecular formula is C20H30N2O2. The van der Waals surface area contributed by atoms with Gasteiger partial charge in [-0.2, -0.15) is 0 Å². The molecular weight excluding hydrogens is 300 g/mol. The van der Waals surface area contributed by atoms with Crippen LogP contribution in [0.1, 0.15) is 64.2 Å². The number of aliphatic hydroxyl groups is 1. The normalized spacial score (nSPS) is 25.5. The van der Waals surface area contributed by atoms with Gasteiger partial charge in [0, 0.05) is 19.2 Å². The predicted molar refractivity (Wildman–Crippen MR) is 97.3 cm³/mol.